The van der Waals surface area contributed by atoms with Gasteiger partial charge in [-0.2, -0.15) is 0 Å². The highest BCUT2D eigenvalue weighted by Gasteiger charge is 2.41. The number of hydrogen-bond donors (Lipinski definition) is 1. The molecule has 0 aromatic rings. The van der Waals surface area contributed by atoms with Crippen molar-refractivity contribution in [2.75, 3.05) is 0 Å². The molecule has 0 fully saturated rings. The van der Waals surface area contributed by atoms with Crippen LogP contribution in [0.5, 0.6) is 0 Å². The Kier molecular flexibility index (Phi) is 6.13. The highest BCUT2D eigenvalue weighted by Crippen LogP contribution is 2.40. The summed E-state index contributed by atoms with van der Waals surface area (Å²) in [6.45, 7) is 7.60. The standard InChI is InChI=1S/C18H26O3/c1-5-6-7-8-13(2)9-10-15-14(3)16(19)11-12-18(15,4)17(20)21/h8-10H,5-7,11-12H2,1-4H3,(H,20,21)/b10-9+,13-8+. The molecule has 0 amide bonds. The monoisotopic (exact) mass is 290 g/mol. The van der Waals surface area contributed by atoms with Crippen LogP contribution in [0.15, 0.2) is 34.9 Å². The van der Waals surface area contributed by atoms with Gasteiger partial charge in [0.05, 0.1) is 5.41 Å². The third kappa shape index (κ3) is 4.16. The van der Waals surface area contributed by atoms with Crippen LogP contribution >= 0.6 is 0 Å². The summed E-state index contributed by atoms with van der Waals surface area (Å²) in [5.74, 6) is -0.803. The van der Waals surface area contributed by atoms with Crippen LogP contribution in [-0.4, -0.2) is 16.9 Å². The molecule has 0 heterocycles. The summed E-state index contributed by atoms with van der Waals surface area (Å²) in [6.07, 6.45) is 9.92. The molecule has 1 N–H and O–H groups in total. The lowest BCUT2D eigenvalue weighted by molar-refractivity contribution is -0.146. The summed E-state index contributed by atoms with van der Waals surface area (Å²) in [4.78, 5) is 23.5. The first-order chi connectivity index (χ1) is 9.82. The molecule has 3 nitrogen and oxygen atoms in total. The number of aliphatic carboxylic acids is 1. The van der Waals surface area contributed by atoms with E-state index < -0.39 is 11.4 Å². The number of unbranched alkanes of at least 4 members (excludes halogenated alkanes) is 2. The maximum Gasteiger partial charge on any atom is 0.313 e. The molecule has 0 saturated carbocycles. The quantitative estimate of drug-likeness (QED) is 0.581. The number of allylic oxidation sites excluding steroid dienone is 5. The molecular weight excluding hydrogens is 264 g/mol. The van der Waals surface area contributed by atoms with Gasteiger partial charge in [0, 0.05) is 6.42 Å². The zero-order chi connectivity index (χ0) is 16.0. The fourth-order valence-corrected chi connectivity index (χ4v) is 2.60. The predicted molar refractivity (Wildman–Crippen MR) is 85.1 cm³/mol. The van der Waals surface area contributed by atoms with E-state index in [4.69, 9.17) is 0 Å². The second kappa shape index (κ2) is 7.39. The van der Waals surface area contributed by atoms with Gasteiger partial charge in [0.15, 0.2) is 5.78 Å². The van der Waals surface area contributed by atoms with Gasteiger partial charge >= 0.3 is 5.97 Å². The summed E-state index contributed by atoms with van der Waals surface area (Å²) in [5, 5.41) is 9.52. The van der Waals surface area contributed by atoms with Crippen molar-refractivity contribution in [2.24, 2.45) is 5.41 Å². The van der Waals surface area contributed by atoms with Crippen LogP contribution in [0.1, 0.15) is 59.8 Å². The number of rotatable bonds is 6. The van der Waals surface area contributed by atoms with Crippen molar-refractivity contribution in [2.45, 2.75) is 59.8 Å². The van der Waals surface area contributed by atoms with Crippen LogP contribution in [0.25, 0.3) is 0 Å². The van der Waals surface area contributed by atoms with Crippen molar-refractivity contribution in [3.05, 3.63) is 34.9 Å². The van der Waals surface area contributed by atoms with Gasteiger partial charge < -0.3 is 5.11 Å². The Morgan fingerprint density at radius 3 is 2.67 bits per heavy atom. The van der Waals surface area contributed by atoms with E-state index in [0.29, 0.717) is 24.0 Å². The number of Topliss-reactive ketones (excluding diaryl/α,β-unsaturated/α-hetero) is 1. The Balaban J connectivity index is 3.05. The van der Waals surface area contributed by atoms with Gasteiger partial charge in [0.1, 0.15) is 0 Å². The van der Waals surface area contributed by atoms with E-state index in [1.807, 2.05) is 19.1 Å². The molecule has 1 atom stereocenters. The first-order valence-corrected chi connectivity index (χ1v) is 7.65. The molecule has 0 spiro atoms. The Morgan fingerprint density at radius 1 is 1.43 bits per heavy atom. The molecule has 0 saturated heterocycles. The third-order valence-corrected chi connectivity index (χ3v) is 4.28. The minimum absolute atomic E-state index is 0.0565. The Hall–Kier alpha value is -1.64. The summed E-state index contributed by atoms with van der Waals surface area (Å²) >= 11 is 0. The highest BCUT2D eigenvalue weighted by molar-refractivity contribution is 6.00. The van der Waals surface area contributed by atoms with Crippen LogP contribution in [0.4, 0.5) is 0 Å². The van der Waals surface area contributed by atoms with Gasteiger partial charge in [0.25, 0.3) is 0 Å². The Morgan fingerprint density at radius 2 is 2.10 bits per heavy atom. The van der Waals surface area contributed by atoms with E-state index in [9.17, 15) is 14.7 Å². The van der Waals surface area contributed by atoms with E-state index >= 15 is 0 Å². The highest BCUT2D eigenvalue weighted by atomic mass is 16.4. The van der Waals surface area contributed by atoms with Crippen molar-refractivity contribution in [3.63, 3.8) is 0 Å². The molecule has 1 aliphatic carbocycles. The van der Waals surface area contributed by atoms with Gasteiger partial charge in [-0.1, -0.05) is 43.6 Å². The number of ketones is 1. The fourth-order valence-electron chi connectivity index (χ4n) is 2.60. The van der Waals surface area contributed by atoms with Crippen molar-refractivity contribution < 1.29 is 14.7 Å². The number of carbonyl (C=O) groups is 2. The van der Waals surface area contributed by atoms with Crippen LogP contribution in [-0.2, 0) is 9.59 Å². The zero-order valence-corrected chi connectivity index (χ0v) is 13.5. The van der Waals surface area contributed by atoms with Gasteiger partial charge in [-0.15, -0.1) is 0 Å². The maximum absolute atomic E-state index is 11.9. The molecule has 116 valence electrons. The molecule has 1 rings (SSSR count). The van der Waals surface area contributed by atoms with Crippen molar-refractivity contribution in [1.29, 1.82) is 0 Å². The minimum atomic E-state index is -0.960. The molecule has 0 aliphatic heterocycles. The molecule has 3 heteroatoms. The van der Waals surface area contributed by atoms with E-state index in [1.54, 1.807) is 13.8 Å². The van der Waals surface area contributed by atoms with E-state index in [2.05, 4.69) is 13.0 Å². The van der Waals surface area contributed by atoms with Gasteiger partial charge in [-0.25, -0.2) is 0 Å². The molecular formula is C18H26O3. The lowest BCUT2D eigenvalue weighted by Gasteiger charge is -2.31. The summed E-state index contributed by atoms with van der Waals surface area (Å²) in [6, 6.07) is 0. The first-order valence-electron chi connectivity index (χ1n) is 7.65. The van der Waals surface area contributed by atoms with Crippen LogP contribution < -0.4 is 0 Å². The molecule has 1 aliphatic rings. The molecule has 0 aromatic carbocycles. The smallest absolute Gasteiger partial charge is 0.313 e. The van der Waals surface area contributed by atoms with E-state index in [0.717, 1.165) is 24.8 Å². The van der Waals surface area contributed by atoms with E-state index in [1.165, 1.54) is 0 Å². The Bertz CT molecular complexity index is 509. The van der Waals surface area contributed by atoms with Crippen LogP contribution in [0.3, 0.4) is 0 Å². The Labute approximate surface area is 127 Å². The number of hydrogen-bond acceptors (Lipinski definition) is 2. The van der Waals surface area contributed by atoms with Crippen LogP contribution in [0, 0.1) is 5.41 Å². The number of carboxylic acids is 1. The molecule has 0 aromatic heterocycles. The summed E-state index contributed by atoms with van der Waals surface area (Å²) in [7, 11) is 0. The maximum atomic E-state index is 11.9. The normalized spacial score (nSPS) is 24.0. The lowest BCUT2D eigenvalue weighted by atomic mass is 9.70. The predicted octanol–water partition coefficient (Wildman–Crippen LogP) is 4.45. The van der Waals surface area contributed by atoms with Gasteiger partial charge in [-0.05, 0) is 44.8 Å². The topological polar surface area (TPSA) is 54.4 Å². The second-order valence-electron chi connectivity index (χ2n) is 6.02. The SMILES string of the molecule is CCCC/C=C(C)/C=C/C1=C(C)C(=O)CCC1(C)C(=O)O. The number of carbonyl (C=O) groups excluding carboxylic acids is 1. The van der Waals surface area contributed by atoms with Crippen molar-refractivity contribution >= 4 is 11.8 Å². The molecule has 0 bridgehead atoms. The third-order valence-electron chi connectivity index (χ3n) is 4.28. The molecule has 1 unspecified atom stereocenters. The summed E-state index contributed by atoms with van der Waals surface area (Å²) < 4.78 is 0. The van der Waals surface area contributed by atoms with Crippen molar-refractivity contribution in [1.82, 2.24) is 0 Å². The largest absolute Gasteiger partial charge is 0.481 e. The zero-order valence-electron chi connectivity index (χ0n) is 13.5. The fraction of sp³-hybridized carbons (Fsp3) is 0.556. The summed E-state index contributed by atoms with van der Waals surface area (Å²) in [5.41, 5.74) is 1.38. The van der Waals surface area contributed by atoms with Gasteiger partial charge in [-0.3, -0.25) is 9.59 Å². The first kappa shape index (κ1) is 17.4. The van der Waals surface area contributed by atoms with Crippen molar-refractivity contribution in [3.8, 4) is 0 Å². The second-order valence-corrected chi connectivity index (χ2v) is 6.02. The molecule has 0 radical (unpaired) electrons. The lowest BCUT2D eigenvalue weighted by Crippen LogP contribution is -2.34. The average molecular weight is 290 g/mol. The molecule has 21 heavy (non-hydrogen) atoms. The van der Waals surface area contributed by atoms with Gasteiger partial charge in [0.2, 0.25) is 0 Å². The average Bonchev–Trinajstić information content (AvgIpc) is 2.43. The van der Waals surface area contributed by atoms with E-state index in [-0.39, 0.29) is 5.78 Å². The number of carboxylic acid groups (broad SMARTS) is 1. The van der Waals surface area contributed by atoms with Crippen LogP contribution in [0.2, 0.25) is 0 Å². The minimum Gasteiger partial charge on any atom is -0.481 e.